The molecule has 0 aliphatic heterocycles. The Morgan fingerprint density at radius 1 is 1.42 bits per heavy atom. The fourth-order valence-electron chi connectivity index (χ4n) is 1.90. The number of phenolic OH excluding ortho intramolecular Hbond substituents is 1. The van der Waals surface area contributed by atoms with E-state index in [9.17, 15) is 14.3 Å². The molecule has 24 heavy (non-hydrogen) atoms. The Morgan fingerprint density at radius 3 is 2.75 bits per heavy atom. The van der Waals surface area contributed by atoms with Crippen LogP contribution in [-0.4, -0.2) is 18.1 Å². The Morgan fingerprint density at radius 2 is 2.12 bits per heavy atom. The van der Waals surface area contributed by atoms with Crippen molar-refractivity contribution in [2.24, 2.45) is 0 Å². The smallest absolute Gasteiger partial charge is 0.266 e. The average Bonchev–Trinajstić information content (AvgIpc) is 2.57. The molecule has 2 N–H and O–H groups in total. The van der Waals surface area contributed by atoms with E-state index < -0.39 is 11.7 Å². The number of carbonyl (C=O) groups is 1. The van der Waals surface area contributed by atoms with Gasteiger partial charge in [0, 0.05) is 0 Å². The normalized spacial score (nSPS) is 10.8. The highest BCUT2D eigenvalue weighted by atomic mass is 35.5. The van der Waals surface area contributed by atoms with Crippen LogP contribution in [0.5, 0.6) is 11.5 Å². The van der Waals surface area contributed by atoms with Crippen LogP contribution in [0.2, 0.25) is 5.02 Å². The molecular formula is C17H12ClFN2O3. The van der Waals surface area contributed by atoms with Crippen LogP contribution in [0.1, 0.15) is 5.56 Å². The summed E-state index contributed by atoms with van der Waals surface area (Å²) in [5.41, 5.74) is 0.0712. The van der Waals surface area contributed by atoms with E-state index in [1.807, 2.05) is 0 Å². The molecule has 0 spiro atoms. The molecule has 0 saturated carbocycles. The highest BCUT2D eigenvalue weighted by Crippen LogP contribution is 2.35. The predicted molar refractivity (Wildman–Crippen MR) is 88.3 cm³/mol. The summed E-state index contributed by atoms with van der Waals surface area (Å²) in [5.74, 6) is -1.53. The average molecular weight is 347 g/mol. The van der Waals surface area contributed by atoms with Gasteiger partial charge in [0.1, 0.15) is 17.5 Å². The maximum Gasteiger partial charge on any atom is 0.266 e. The minimum atomic E-state index is -0.772. The van der Waals surface area contributed by atoms with Gasteiger partial charge >= 0.3 is 0 Å². The van der Waals surface area contributed by atoms with Gasteiger partial charge in [0.15, 0.2) is 11.5 Å². The number of halogens is 2. The van der Waals surface area contributed by atoms with Gasteiger partial charge in [0.25, 0.3) is 5.91 Å². The Bertz CT molecular complexity index is 859. The zero-order valence-corrected chi connectivity index (χ0v) is 13.3. The minimum absolute atomic E-state index is 0.00685. The monoisotopic (exact) mass is 346 g/mol. The standard InChI is InChI=1S/C17H12ClFN2O3/c1-24-15-8-10(7-12(18)16(15)22)6-11(9-20)17(23)21-14-5-3-2-4-13(14)19/h2-8,22H,1H3,(H,21,23)/b11-6+. The number of nitrogens with one attached hydrogen (secondary N) is 1. The SMILES string of the molecule is COc1cc(/C=C(\C#N)C(=O)Nc2ccccc2F)cc(Cl)c1O. The summed E-state index contributed by atoms with van der Waals surface area (Å²) in [7, 11) is 1.34. The van der Waals surface area contributed by atoms with Crippen molar-refractivity contribution in [3.05, 3.63) is 58.4 Å². The van der Waals surface area contributed by atoms with Crippen LogP contribution >= 0.6 is 11.6 Å². The molecule has 0 aliphatic rings. The first-order chi connectivity index (χ1) is 11.5. The van der Waals surface area contributed by atoms with Crippen LogP contribution in [0, 0.1) is 17.1 Å². The molecule has 122 valence electrons. The van der Waals surface area contributed by atoms with Gasteiger partial charge in [-0.1, -0.05) is 23.7 Å². The van der Waals surface area contributed by atoms with Crippen LogP contribution in [0.25, 0.3) is 6.08 Å². The summed E-state index contributed by atoms with van der Waals surface area (Å²) >= 11 is 5.86. The molecule has 0 aliphatic carbocycles. The van der Waals surface area contributed by atoms with Crippen molar-refractivity contribution in [3.63, 3.8) is 0 Å². The zero-order chi connectivity index (χ0) is 17.7. The third kappa shape index (κ3) is 3.83. The van der Waals surface area contributed by atoms with Crippen LogP contribution in [0.15, 0.2) is 42.0 Å². The molecule has 1 amide bonds. The largest absolute Gasteiger partial charge is 0.503 e. The van der Waals surface area contributed by atoms with Gasteiger partial charge < -0.3 is 15.2 Å². The first-order valence-corrected chi connectivity index (χ1v) is 7.08. The number of carbonyl (C=O) groups excluding carboxylic acids is 1. The van der Waals surface area contributed by atoms with E-state index in [-0.39, 0.29) is 27.8 Å². The molecule has 0 bridgehead atoms. The number of aromatic hydroxyl groups is 1. The highest BCUT2D eigenvalue weighted by molar-refractivity contribution is 6.32. The van der Waals surface area contributed by atoms with Gasteiger partial charge in [-0.25, -0.2) is 4.39 Å². The van der Waals surface area contributed by atoms with Crippen molar-refractivity contribution in [3.8, 4) is 17.6 Å². The molecule has 7 heteroatoms. The number of para-hydroxylation sites is 1. The summed E-state index contributed by atoms with van der Waals surface area (Å²) < 4.78 is 18.5. The van der Waals surface area contributed by atoms with Crippen molar-refractivity contribution < 1.29 is 19.0 Å². The number of benzene rings is 2. The van der Waals surface area contributed by atoms with Gasteiger partial charge in [-0.2, -0.15) is 5.26 Å². The van der Waals surface area contributed by atoms with E-state index in [0.717, 1.165) is 0 Å². The topological polar surface area (TPSA) is 82.3 Å². The van der Waals surface area contributed by atoms with E-state index in [2.05, 4.69) is 5.32 Å². The number of amides is 1. The third-order valence-corrected chi connectivity index (χ3v) is 3.36. The van der Waals surface area contributed by atoms with Gasteiger partial charge in [0.05, 0.1) is 17.8 Å². The Hall–Kier alpha value is -3.04. The number of nitriles is 1. The number of ether oxygens (including phenoxy) is 1. The second-order valence-electron chi connectivity index (χ2n) is 4.66. The Labute approximate surface area is 142 Å². The number of anilines is 1. The molecule has 0 unspecified atom stereocenters. The molecular weight excluding hydrogens is 335 g/mol. The second-order valence-corrected chi connectivity index (χ2v) is 5.06. The minimum Gasteiger partial charge on any atom is -0.503 e. The lowest BCUT2D eigenvalue weighted by Gasteiger charge is -2.08. The van der Waals surface area contributed by atoms with E-state index in [0.29, 0.717) is 5.56 Å². The van der Waals surface area contributed by atoms with Gasteiger partial charge in [-0.15, -0.1) is 0 Å². The molecule has 2 aromatic rings. The van der Waals surface area contributed by atoms with Crippen molar-refractivity contribution in [2.75, 3.05) is 12.4 Å². The number of phenols is 1. The van der Waals surface area contributed by atoms with E-state index >= 15 is 0 Å². The van der Waals surface area contributed by atoms with E-state index in [4.69, 9.17) is 21.6 Å². The van der Waals surface area contributed by atoms with Gasteiger partial charge in [-0.05, 0) is 35.9 Å². The zero-order valence-electron chi connectivity index (χ0n) is 12.5. The second kappa shape index (κ2) is 7.49. The maximum absolute atomic E-state index is 13.6. The molecule has 0 atom stereocenters. The molecule has 0 heterocycles. The lowest BCUT2D eigenvalue weighted by atomic mass is 10.1. The number of hydrogen-bond donors (Lipinski definition) is 2. The lowest BCUT2D eigenvalue weighted by Crippen LogP contribution is -2.14. The summed E-state index contributed by atoms with van der Waals surface area (Å²) in [5, 5.41) is 21.2. The van der Waals surface area contributed by atoms with Crippen molar-refractivity contribution in [1.29, 1.82) is 5.26 Å². The van der Waals surface area contributed by atoms with Crippen molar-refractivity contribution in [2.45, 2.75) is 0 Å². The Balaban J connectivity index is 2.33. The summed E-state index contributed by atoms with van der Waals surface area (Å²) in [6.07, 6.45) is 1.25. The van der Waals surface area contributed by atoms with Crippen molar-refractivity contribution >= 4 is 29.3 Å². The first-order valence-electron chi connectivity index (χ1n) is 6.70. The number of hydrogen-bond acceptors (Lipinski definition) is 4. The summed E-state index contributed by atoms with van der Waals surface area (Å²) in [6, 6.07) is 10.1. The fourth-order valence-corrected chi connectivity index (χ4v) is 2.12. The highest BCUT2D eigenvalue weighted by Gasteiger charge is 2.13. The number of methoxy groups -OCH3 is 1. The Kier molecular flexibility index (Phi) is 5.40. The molecule has 0 fully saturated rings. The number of nitrogens with zero attached hydrogens (tertiary/aromatic N) is 1. The van der Waals surface area contributed by atoms with Crippen molar-refractivity contribution in [1.82, 2.24) is 0 Å². The molecule has 0 radical (unpaired) electrons. The molecule has 5 nitrogen and oxygen atoms in total. The van der Waals surface area contributed by atoms with E-state index in [1.165, 1.54) is 43.5 Å². The molecule has 0 aromatic heterocycles. The lowest BCUT2D eigenvalue weighted by molar-refractivity contribution is -0.112. The van der Waals surface area contributed by atoms with Gasteiger partial charge in [-0.3, -0.25) is 4.79 Å². The van der Waals surface area contributed by atoms with E-state index in [1.54, 1.807) is 12.1 Å². The fraction of sp³-hybridized carbons (Fsp3) is 0.0588. The van der Waals surface area contributed by atoms with Gasteiger partial charge in [0.2, 0.25) is 0 Å². The molecule has 2 rings (SSSR count). The van der Waals surface area contributed by atoms with Crippen LogP contribution in [0.3, 0.4) is 0 Å². The molecule has 0 saturated heterocycles. The van der Waals surface area contributed by atoms with Crippen LogP contribution in [-0.2, 0) is 4.79 Å². The maximum atomic E-state index is 13.6. The third-order valence-electron chi connectivity index (χ3n) is 3.07. The predicted octanol–water partition coefficient (Wildman–Crippen LogP) is 3.74. The van der Waals surface area contributed by atoms with Crippen LogP contribution in [0.4, 0.5) is 10.1 Å². The quantitative estimate of drug-likeness (QED) is 0.652. The molecule has 2 aromatic carbocycles. The number of rotatable bonds is 4. The summed E-state index contributed by atoms with van der Waals surface area (Å²) in [4.78, 5) is 12.1. The first kappa shape index (κ1) is 17.3. The van der Waals surface area contributed by atoms with Crippen LogP contribution < -0.4 is 10.1 Å². The summed E-state index contributed by atoms with van der Waals surface area (Å²) in [6.45, 7) is 0.